The molecule has 1 rings (SSSR count). The summed E-state index contributed by atoms with van der Waals surface area (Å²) in [7, 11) is 0. The van der Waals surface area contributed by atoms with Crippen LogP contribution >= 0.6 is 0 Å². The van der Waals surface area contributed by atoms with Gasteiger partial charge in [-0.1, -0.05) is 18.2 Å². The fourth-order valence-corrected chi connectivity index (χ4v) is 2.36. The van der Waals surface area contributed by atoms with Crippen molar-refractivity contribution in [2.24, 2.45) is 0 Å². The second-order valence-corrected chi connectivity index (χ2v) is 6.01. The fourth-order valence-electron chi connectivity index (χ4n) is 2.36. The van der Waals surface area contributed by atoms with Gasteiger partial charge < -0.3 is 4.90 Å². The van der Waals surface area contributed by atoms with E-state index >= 15 is 0 Å². The van der Waals surface area contributed by atoms with Gasteiger partial charge >= 0.3 is 0 Å². The zero-order valence-corrected chi connectivity index (χ0v) is 10.8. The van der Waals surface area contributed by atoms with Gasteiger partial charge in [0.25, 0.3) is 0 Å². The van der Waals surface area contributed by atoms with Gasteiger partial charge in [-0.2, -0.15) is 0 Å². The van der Waals surface area contributed by atoms with Crippen LogP contribution in [0.3, 0.4) is 0 Å². The zero-order valence-electron chi connectivity index (χ0n) is 10.8. The van der Waals surface area contributed by atoms with Crippen molar-refractivity contribution in [3.63, 3.8) is 0 Å². The largest absolute Gasteiger partial charge is 0.362 e. The molecule has 0 fully saturated rings. The first-order valence-corrected chi connectivity index (χ1v) is 5.58. The minimum atomic E-state index is 0.138. The molecule has 0 spiro atoms. The normalized spacial score (nSPS) is 12.7. The standard InChI is InChI=1S/C14H23N/c1-13(2,3)15(14(4,5)6)12-10-8-7-9-11-12/h7-11H,1-6H3. The van der Waals surface area contributed by atoms with Crippen LogP contribution in [-0.2, 0) is 0 Å². The van der Waals surface area contributed by atoms with E-state index in [2.05, 4.69) is 76.8 Å². The lowest BCUT2D eigenvalue weighted by atomic mass is 9.95. The average molecular weight is 205 g/mol. The van der Waals surface area contributed by atoms with Crippen molar-refractivity contribution in [2.45, 2.75) is 52.6 Å². The molecule has 0 bridgehead atoms. The highest BCUT2D eigenvalue weighted by Crippen LogP contribution is 2.31. The van der Waals surface area contributed by atoms with Crippen molar-refractivity contribution in [2.75, 3.05) is 4.90 Å². The van der Waals surface area contributed by atoms with E-state index in [0.717, 1.165) is 0 Å². The molecule has 0 N–H and O–H groups in total. The maximum absolute atomic E-state index is 2.46. The number of nitrogens with zero attached hydrogens (tertiary/aromatic N) is 1. The lowest BCUT2D eigenvalue weighted by Gasteiger charge is -2.47. The molecule has 0 amide bonds. The Bertz CT molecular complexity index is 286. The summed E-state index contributed by atoms with van der Waals surface area (Å²) in [5, 5.41) is 0. The predicted octanol–water partition coefficient (Wildman–Crippen LogP) is 4.09. The molecule has 1 aromatic rings. The Hall–Kier alpha value is -0.980. The van der Waals surface area contributed by atoms with Crippen LogP contribution in [0.1, 0.15) is 41.5 Å². The number of para-hydroxylation sites is 1. The van der Waals surface area contributed by atoms with E-state index in [1.807, 2.05) is 0 Å². The number of hydrogen-bond donors (Lipinski definition) is 0. The third-order valence-electron chi connectivity index (χ3n) is 2.36. The van der Waals surface area contributed by atoms with Crippen molar-refractivity contribution in [3.8, 4) is 0 Å². The first kappa shape index (κ1) is 12.1. The molecule has 0 atom stereocenters. The van der Waals surface area contributed by atoms with E-state index < -0.39 is 0 Å². The minimum absolute atomic E-state index is 0.138. The Morgan fingerprint density at radius 3 is 1.47 bits per heavy atom. The number of anilines is 1. The van der Waals surface area contributed by atoms with Crippen molar-refractivity contribution in [3.05, 3.63) is 30.3 Å². The maximum Gasteiger partial charge on any atom is 0.0374 e. The summed E-state index contributed by atoms with van der Waals surface area (Å²) in [5.41, 5.74) is 1.57. The summed E-state index contributed by atoms with van der Waals surface area (Å²) < 4.78 is 0. The van der Waals surface area contributed by atoms with E-state index in [4.69, 9.17) is 0 Å². The number of benzene rings is 1. The Balaban J connectivity index is 3.15. The summed E-state index contributed by atoms with van der Waals surface area (Å²) in [6.45, 7) is 13.5. The molecular weight excluding hydrogens is 182 g/mol. The molecule has 0 unspecified atom stereocenters. The van der Waals surface area contributed by atoms with Gasteiger partial charge in [0.1, 0.15) is 0 Å². The van der Waals surface area contributed by atoms with E-state index in [0.29, 0.717) is 0 Å². The van der Waals surface area contributed by atoms with E-state index in [9.17, 15) is 0 Å². The van der Waals surface area contributed by atoms with Gasteiger partial charge in [-0.3, -0.25) is 0 Å². The molecule has 1 nitrogen and oxygen atoms in total. The molecule has 0 aromatic heterocycles. The Morgan fingerprint density at radius 2 is 1.13 bits per heavy atom. The summed E-state index contributed by atoms with van der Waals surface area (Å²) in [4.78, 5) is 2.46. The molecule has 0 saturated heterocycles. The molecule has 0 aliphatic heterocycles. The van der Waals surface area contributed by atoms with Crippen molar-refractivity contribution >= 4 is 5.69 Å². The number of rotatable bonds is 1. The van der Waals surface area contributed by atoms with Crippen LogP contribution in [-0.4, -0.2) is 11.1 Å². The van der Waals surface area contributed by atoms with Gasteiger partial charge in [0.05, 0.1) is 0 Å². The molecule has 0 aliphatic carbocycles. The van der Waals surface area contributed by atoms with Crippen molar-refractivity contribution in [1.82, 2.24) is 0 Å². The topological polar surface area (TPSA) is 3.24 Å². The molecule has 0 aliphatic rings. The summed E-state index contributed by atoms with van der Waals surface area (Å²) >= 11 is 0. The van der Waals surface area contributed by atoms with Gasteiger partial charge in [0.2, 0.25) is 0 Å². The Kier molecular flexibility index (Phi) is 3.13. The molecule has 0 saturated carbocycles. The van der Waals surface area contributed by atoms with Crippen molar-refractivity contribution < 1.29 is 0 Å². The van der Waals surface area contributed by atoms with Crippen LogP contribution in [0, 0.1) is 0 Å². The highest BCUT2D eigenvalue weighted by atomic mass is 15.2. The van der Waals surface area contributed by atoms with Gasteiger partial charge in [0, 0.05) is 16.8 Å². The monoisotopic (exact) mass is 205 g/mol. The first-order valence-electron chi connectivity index (χ1n) is 5.58. The van der Waals surface area contributed by atoms with Gasteiger partial charge in [0.15, 0.2) is 0 Å². The van der Waals surface area contributed by atoms with Crippen LogP contribution in [0.2, 0.25) is 0 Å². The van der Waals surface area contributed by atoms with Crippen LogP contribution < -0.4 is 4.90 Å². The highest BCUT2D eigenvalue weighted by molar-refractivity contribution is 5.50. The van der Waals surface area contributed by atoms with E-state index in [-0.39, 0.29) is 11.1 Å². The highest BCUT2D eigenvalue weighted by Gasteiger charge is 2.31. The van der Waals surface area contributed by atoms with Crippen LogP contribution in [0.5, 0.6) is 0 Å². The third kappa shape index (κ3) is 2.98. The summed E-state index contributed by atoms with van der Waals surface area (Å²) in [5.74, 6) is 0. The Labute approximate surface area is 94.1 Å². The second-order valence-electron chi connectivity index (χ2n) is 6.01. The maximum atomic E-state index is 2.46. The smallest absolute Gasteiger partial charge is 0.0374 e. The molecule has 0 radical (unpaired) electrons. The fraction of sp³-hybridized carbons (Fsp3) is 0.571. The minimum Gasteiger partial charge on any atom is -0.362 e. The van der Waals surface area contributed by atoms with Gasteiger partial charge in [-0.25, -0.2) is 0 Å². The van der Waals surface area contributed by atoms with E-state index in [1.54, 1.807) is 0 Å². The lowest BCUT2D eigenvalue weighted by molar-refractivity contribution is 0.381. The molecule has 1 heteroatoms. The van der Waals surface area contributed by atoms with Crippen molar-refractivity contribution in [1.29, 1.82) is 0 Å². The molecule has 1 aromatic carbocycles. The molecule has 0 heterocycles. The second kappa shape index (κ2) is 3.88. The molecule has 84 valence electrons. The first-order chi connectivity index (χ1) is 6.73. The SMILES string of the molecule is CC(C)(C)N(c1ccccc1)C(C)(C)C. The van der Waals surface area contributed by atoms with Gasteiger partial charge in [-0.15, -0.1) is 0 Å². The quantitative estimate of drug-likeness (QED) is 0.667. The molecular formula is C14H23N. The average Bonchev–Trinajstić information content (AvgIpc) is 2.00. The summed E-state index contributed by atoms with van der Waals surface area (Å²) in [6, 6.07) is 10.6. The number of hydrogen-bond acceptors (Lipinski definition) is 1. The zero-order chi connectivity index (χ0) is 11.7. The third-order valence-corrected chi connectivity index (χ3v) is 2.36. The van der Waals surface area contributed by atoms with E-state index in [1.165, 1.54) is 5.69 Å². The van der Waals surface area contributed by atoms with Gasteiger partial charge in [-0.05, 0) is 53.7 Å². The molecule has 15 heavy (non-hydrogen) atoms. The van der Waals surface area contributed by atoms with Crippen LogP contribution in [0.25, 0.3) is 0 Å². The summed E-state index contributed by atoms with van der Waals surface area (Å²) in [6.07, 6.45) is 0. The predicted molar refractivity (Wildman–Crippen MR) is 68.4 cm³/mol. The Morgan fingerprint density at radius 1 is 0.733 bits per heavy atom. The lowest BCUT2D eigenvalue weighted by Crippen LogP contribution is -2.52. The van der Waals surface area contributed by atoms with Crippen LogP contribution in [0.4, 0.5) is 5.69 Å². The van der Waals surface area contributed by atoms with Crippen LogP contribution in [0.15, 0.2) is 30.3 Å².